The summed E-state index contributed by atoms with van der Waals surface area (Å²) in [7, 11) is 4.19. The number of anilines is 2. The highest BCUT2D eigenvalue weighted by atomic mass is 19.3. The number of hydrogen-bond acceptors (Lipinski definition) is 5. The molecule has 0 spiro atoms. The largest absolute Gasteiger partial charge is 0.586 e. The lowest BCUT2D eigenvalue weighted by molar-refractivity contribution is -0.286. The number of rotatable bonds is 5. The maximum atomic E-state index is 13.1. The number of halogens is 2. The van der Waals surface area contributed by atoms with Gasteiger partial charge in [0.2, 0.25) is 5.91 Å². The smallest absolute Gasteiger partial charge is 0.395 e. The van der Waals surface area contributed by atoms with E-state index in [9.17, 15) is 13.6 Å². The fourth-order valence-electron chi connectivity index (χ4n) is 3.58. The van der Waals surface area contributed by atoms with Crippen molar-refractivity contribution in [2.45, 2.75) is 18.8 Å². The zero-order valence-corrected chi connectivity index (χ0v) is 16.8. The van der Waals surface area contributed by atoms with Crippen molar-refractivity contribution in [1.29, 1.82) is 0 Å². The average Bonchev–Trinajstić information content (AvgIpc) is 3.30. The molecule has 1 amide bonds. The predicted molar refractivity (Wildman–Crippen MR) is 111 cm³/mol. The van der Waals surface area contributed by atoms with Crippen LogP contribution in [0.25, 0.3) is 6.08 Å². The lowest BCUT2D eigenvalue weighted by atomic mass is 10.2. The number of likely N-dealkylation sites (N-methyl/N-ethyl adjacent to an activating group) is 1. The Balaban J connectivity index is 1.33. The van der Waals surface area contributed by atoms with E-state index in [1.165, 1.54) is 24.3 Å². The Kier molecular flexibility index (Phi) is 5.34. The average molecular weight is 415 g/mol. The molecule has 2 aliphatic heterocycles. The van der Waals surface area contributed by atoms with E-state index < -0.39 is 6.29 Å². The van der Waals surface area contributed by atoms with Crippen molar-refractivity contribution < 1.29 is 23.0 Å². The molecule has 1 saturated heterocycles. The summed E-state index contributed by atoms with van der Waals surface area (Å²) in [6, 6.07) is 12.6. The van der Waals surface area contributed by atoms with Crippen LogP contribution < -0.4 is 19.7 Å². The van der Waals surface area contributed by atoms with Crippen molar-refractivity contribution >= 4 is 23.4 Å². The molecular weight excluding hydrogens is 392 g/mol. The summed E-state index contributed by atoms with van der Waals surface area (Å²) in [5, 5.41) is 2.79. The number of ether oxygens (including phenoxy) is 2. The third kappa shape index (κ3) is 4.54. The number of alkyl halides is 2. The molecule has 158 valence electrons. The third-order valence-corrected chi connectivity index (χ3v) is 5.25. The summed E-state index contributed by atoms with van der Waals surface area (Å²) in [4.78, 5) is 16.8. The van der Waals surface area contributed by atoms with Crippen LogP contribution in [-0.4, -0.2) is 50.3 Å². The minimum Gasteiger partial charge on any atom is -0.395 e. The van der Waals surface area contributed by atoms with Crippen molar-refractivity contribution in [1.82, 2.24) is 4.90 Å². The van der Waals surface area contributed by atoms with E-state index in [4.69, 9.17) is 0 Å². The van der Waals surface area contributed by atoms with Gasteiger partial charge < -0.3 is 24.6 Å². The van der Waals surface area contributed by atoms with Crippen molar-refractivity contribution in [3.8, 4) is 11.5 Å². The highest BCUT2D eigenvalue weighted by Crippen LogP contribution is 2.41. The van der Waals surface area contributed by atoms with Crippen LogP contribution in [0.5, 0.6) is 11.5 Å². The first kappa shape index (κ1) is 20.2. The van der Waals surface area contributed by atoms with Gasteiger partial charge in [-0.1, -0.05) is 6.07 Å². The topological polar surface area (TPSA) is 54.0 Å². The third-order valence-electron chi connectivity index (χ3n) is 5.25. The van der Waals surface area contributed by atoms with Crippen LogP contribution in [-0.2, 0) is 4.79 Å². The van der Waals surface area contributed by atoms with Crippen molar-refractivity contribution in [2.24, 2.45) is 0 Å². The second-order valence-corrected chi connectivity index (χ2v) is 7.60. The fraction of sp³-hybridized carbons (Fsp3) is 0.318. The maximum Gasteiger partial charge on any atom is 0.586 e. The summed E-state index contributed by atoms with van der Waals surface area (Å²) < 4.78 is 34.9. The number of amides is 1. The molecule has 8 heteroatoms. The molecule has 0 bridgehead atoms. The minimum absolute atomic E-state index is 0.0309. The van der Waals surface area contributed by atoms with Gasteiger partial charge in [0.15, 0.2) is 11.5 Å². The van der Waals surface area contributed by atoms with Crippen molar-refractivity contribution in [3.63, 3.8) is 0 Å². The van der Waals surface area contributed by atoms with Crippen LogP contribution >= 0.6 is 0 Å². The van der Waals surface area contributed by atoms with Crippen LogP contribution in [0.3, 0.4) is 0 Å². The van der Waals surface area contributed by atoms with Crippen LogP contribution in [0.1, 0.15) is 12.0 Å². The zero-order chi connectivity index (χ0) is 21.3. The van der Waals surface area contributed by atoms with Crippen molar-refractivity contribution in [2.75, 3.05) is 37.4 Å². The highest BCUT2D eigenvalue weighted by Gasteiger charge is 2.43. The molecule has 1 fully saturated rings. The molecule has 6 nitrogen and oxygen atoms in total. The van der Waals surface area contributed by atoms with Gasteiger partial charge in [0.25, 0.3) is 0 Å². The van der Waals surface area contributed by atoms with E-state index >= 15 is 0 Å². The van der Waals surface area contributed by atoms with E-state index in [0.717, 1.165) is 25.2 Å². The van der Waals surface area contributed by atoms with Crippen LogP contribution in [0, 0.1) is 0 Å². The molecule has 1 unspecified atom stereocenters. The second-order valence-electron chi connectivity index (χ2n) is 7.60. The number of fused-ring (bicyclic) bond motifs is 1. The van der Waals surface area contributed by atoms with Gasteiger partial charge in [-0.05, 0) is 68.6 Å². The molecule has 2 aromatic rings. The number of nitrogens with one attached hydrogen (secondary N) is 1. The van der Waals surface area contributed by atoms with E-state index in [1.54, 1.807) is 6.07 Å². The minimum atomic E-state index is -3.66. The van der Waals surface area contributed by atoms with Gasteiger partial charge in [-0.15, -0.1) is 8.78 Å². The van der Waals surface area contributed by atoms with E-state index in [0.29, 0.717) is 17.3 Å². The Bertz CT molecular complexity index is 961. The lowest BCUT2D eigenvalue weighted by Crippen LogP contribution is -2.31. The monoisotopic (exact) mass is 415 g/mol. The Morgan fingerprint density at radius 3 is 2.60 bits per heavy atom. The molecule has 1 atom stereocenters. The summed E-state index contributed by atoms with van der Waals surface area (Å²) in [5.74, 6) is -0.409. The Hall–Kier alpha value is -3.13. The second kappa shape index (κ2) is 7.95. The summed E-state index contributed by atoms with van der Waals surface area (Å²) in [6.45, 7) is 2.00. The quantitative estimate of drug-likeness (QED) is 0.753. The first-order chi connectivity index (χ1) is 14.3. The standard InChI is InChI=1S/C22H23F2N3O3/c1-26(2)18-11-12-27(14-18)17-7-5-16(6-8-17)25-21(28)10-4-15-3-9-19-20(13-15)30-22(23,24)29-19/h3-10,13,18H,11-12,14H2,1-2H3,(H,25,28). The predicted octanol–water partition coefficient (Wildman–Crippen LogP) is 3.80. The molecular formula is C22H23F2N3O3. The van der Waals surface area contributed by atoms with E-state index in [-0.39, 0.29) is 17.4 Å². The molecule has 30 heavy (non-hydrogen) atoms. The van der Waals surface area contributed by atoms with Gasteiger partial charge in [-0.2, -0.15) is 0 Å². The summed E-state index contributed by atoms with van der Waals surface area (Å²) in [6.07, 6.45) is 0.339. The van der Waals surface area contributed by atoms with Crippen molar-refractivity contribution in [3.05, 3.63) is 54.1 Å². The molecule has 2 aromatic carbocycles. The van der Waals surface area contributed by atoms with Crippen LogP contribution in [0.15, 0.2) is 48.5 Å². The lowest BCUT2D eigenvalue weighted by Gasteiger charge is -2.22. The number of carbonyl (C=O) groups is 1. The number of hydrogen-bond donors (Lipinski definition) is 1. The van der Waals surface area contributed by atoms with Gasteiger partial charge in [-0.25, -0.2) is 0 Å². The zero-order valence-electron chi connectivity index (χ0n) is 16.8. The van der Waals surface area contributed by atoms with Crippen LogP contribution in [0.2, 0.25) is 0 Å². The molecule has 2 aliphatic rings. The van der Waals surface area contributed by atoms with Gasteiger partial charge in [0, 0.05) is 36.6 Å². The summed E-state index contributed by atoms with van der Waals surface area (Å²) >= 11 is 0. The molecule has 0 radical (unpaired) electrons. The Morgan fingerprint density at radius 1 is 1.17 bits per heavy atom. The first-order valence-corrected chi connectivity index (χ1v) is 9.69. The molecule has 0 aliphatic carbocycles. The summed E-state index contributed by atoms with van der Waals surface area (Å²) in [5.41, 5.74) is 2.36. The Labute approximate surface area is 173 Å². The highest BCUT2D eigenvalue weighted by molar-refractivity contribution is 6.02. The van der Waals surface area contributed by atoms with E-state index in [2.05, 4.69) is 38.7 Å². The molecule has 0 saturated carbocycles. The molecule has 4 rings (SSSR count). The fourth-order valence-corrected chi connectivity index (χ4v) is 3.58. The van der Waals surface area contributed by atoms with Gasteiger partial charge in [0.05, 0.1) is 0 Å². The number of carbonyl (C=O) groups excluding carboxylic acids is 1. The molecule has 0 aromatic heterocycles. The normalized spacial score (nSPS) is 19.6. The van der Waals surface area contributed by atoms with Gasteiger partial charge in [0.1, 0.15) is 0 Å². The molecule has 2 heterocycles. The first-order valence-electron chi connectivity index (χ1n) is 9.69. The SMILES string of the molecule is CN(C)C1CCN(c2ccc(NC(=O)C=Cc3ccc4c(c3)OC(F)(F)O4)cc2)C1. The number of benzene rings is 2. The Morgan fingerprint density at radius 2 is 1.90 bits per heavy atom. The van der Waals surface area contributed by atoms with E-state index in [1.807, 2.05) is 24.3 Å². The van der Waals surface area contributed by atoms with Gasteiger partial charge in [-0.3, -0.25) is 4.79 Å². The number of nitrogens with zero attached hydrogens (tertiary/aromatic N) is 2. The van der Waals surface area contributed by atoms with Gasteiger partial charge >= 0.3 is 6.29 Å². The van der Waals surface area contributed by atoms with Crippen LogP contribution in [0.4, 0.5) is 20.2 Å². The maximum absolute atomic E-state index is 13.1. The molecule has 1 N–H and O–H groups in total.